The summed E-state index contributed by atoms with van der Waals surface area (Å²) < 4.78 is 1.01. The molecule has 0 aliphatic heterocycles. The lowest BCUT2D eigenvalue weighted by Gasteiger charge is -2.06. The predicted molar refractivity (Wildman–Crippen MR) is 91.2 cm³/mol. The molecular formula is C15H13BrClN3O. The number of amides is 2. The van der Waals surface area contributed by atoms with Crippen molar-refractivity contribution in [1.82, 2.24) is 5.32 Å². The minimum absolute atomic E-state index is 0.357. The van der Waals surface area contributed by atoms with Gasteiger partial charge in [0.25, 0.3) is 0 Å². The van der Waals surface area contributed by atoms with Gasteiger partial charge in [0.1, 0.15) is 0 Å². The molecule has 0 bridgehead atoms. The van der Waals surface area contributed by atoms with Gasteiger partial charge in [0.15, 0.2) is 0 Å². The molecule has 6 heteroatoms. The van der Waals surface area contributed by atoms with Crippen LogP contribution in [0.1, 0.15) is 5.56 Å². The van der Waals surface area contributed by atoms with Crippen LogP contribution in [0.3, 0.4) is 0 Å². The fourth-order valence-corrected chi connectivity index (χ4v) is 2.00. The topological polar surface area (TPSA) is 67.1 Å². The number of carbonyl (C=O) groups excluding carboxylic acids is 1. The van der Waals surface area contributed by atoms with Crippen molar-refractivity contribution in [2.45, 2.75) is 0 Å². The van der Waals surface area contributed by atoms with Crippen LogP contribution >= 0.6 is 27.5 Å². The van der Waals surface area contributed by atoms with Crippen molar-refractivity contribution in [3.63, 3.8) is 0 Å². The molecule has 2 amide bonds. The molecule has 2 rings (SSSR count). The van der Waals surface area contributed by atoms with Gasteiger partial charge in [-0.3, -0.25) is 0 Å². The SMILES string of the molecule is Nc1ccc(NC(=O)N/C=C/c2ccc(Br)cc2)cc1Cl. The van der Waals surface area contributed by atoms with E-state index in [2.05, 4.69) is 26.6 Å². The molecule has 0 aliphatic rings. The minimum Gasteiger partial charge on any atom is -0.398 e. The second-order valence-electron chi connectivity index (χ2n) is 4.22. The number of nitrogen functional groups attached to an aromatic ring is 1. The van der Waals surface area contributed by atoms with E-state index < -0.39 is 0 Å². The van der Waals surface area contributed by atoms with Gasteiger partial charge < -0.3 is 16.4 Å². The summed E-state index contributed by atoms with van der Waals surface area (Å²) in [6, 6.07) is 12.3. The van der Waals surface area contributed by atoms with Crippen LogP contribution in [0, 0.1) is 0 Å². The monoisotopic (exact) mass is 365 g/mol. The Hall–Kier alpha value is -1.98. The van der Waals surface area contributed by atoms with Crippen molar-refractivity contribution in [2.75, 3.05) is 11.1 Å². The first kappa shape index (κ1) is 15.4. The third-order valence-electron chi connectivity index (χ3n) is 2.62. The highest BCUT2D eigenvalue weighted by Crippen LogP contribution is 2.22. The summed E-state index contributed by atoms with van der Waals surface area (Å²) >= 11 is 9.24. The van der Waals surface area contributed by atoms with E-state index in [-0.39, 0.29) is 6.03 Å². The first-order valence-corrected chi connectivity index (χ1v) is 7.26. The Morgan fingerprint density at radius 3 is 2.57 bits per heavy atom. The molecule has 4 N–H and O–H groups in total. The standard InChI is InChI=1S/C15H13BrClN3O/c16-11-3-1-10(2-4-11)7-8-19-15(21)20-12-5-6-14(18)13(17)9-12/h1-9H,18H2,(H2,19,20,21)/b8-7+. The van der Waals surface area contributed by atoms with Gasteiger partial charge >= 0.3 is 6.03 Å². The van der Waals surface area contributed by atoms with Crippen molar-refractivity contribution < 1.29 is 4.79 Å². The van der Waals surface area contributed by atoms with Gasteiger partial charge in [-0.05, 0) is 42.0 Å². The molecular weight excluding hydrogens is 354 g/mol. The smallest absolute Gasteiger partial charge is 0.323 e. The molecule has 0 unspecified atom stereocenters. The number of rotatable bonds is 3. The quantitative estimate of drug-likeness (QED) is 0.701. The molecule has 21 heavy (non-hydrogen) atoms. The van der Waals surface area contributed by atoms with Gasteiger partial charge in [-0.2, -0.15) is 0 Å². The summed E-state index contributed by atoms with van der Waals surface area (Å²) in [6.07, 6.45) is 3.36. The number of carbonyl (C=O) groups is 1. The zero-order valence-corrected chi connectivity index (χ0v) is 13.3. The van der Waals surface area contributed by atoms with Crippen LogP contribution in [0.4, 0.5) is 16.2 Å². The zero-order chi connectivity index (χ0) is 15.2. The Morgan fingerprint density at radius 1 is 1.19 bits per heavy atom. The van der Waals surface area contributed by atoms with Crippen molar-refractivity contribution >= 4 is 51.0 Å². The molecule has 0 aromatic heterocycles. The molecule has 0 saturated heterocycles. The molecule has 108 valence electrons. The van der Waals surface area contributed by atoms with E-state index >= 15 is 0 Å². The fourth-order valence-electron chi connectivity index (χ4n) is 1.56. The molecule has 0 heterocycles. The van der Waals surface area contributed by atoms with Crippen LogP contribution in [0.5, 0.6) is 0 Å². The largest absolute Gasteiger partial charge is 0.398 e. The maximum absolute atomic E-state index is 11.7. The molecule has 0 fully saturated rings. The normalized spacial score (nSPS) is 10.6. The molecule has 0 saturated carbocycles. The third kappa shape index (κ3) is 4.81. The van der Waals surface area contributed by atoms with Crippen molar-refractivity contribution in [3.8, 4) is 0 Å². The number of hydrogen-bond acceptors (Lipinski definition) is 2. The Bertz CT molecular complexity index is 671. The highest BCUT2D eigenvalue weighted by atomic mass is 79.9. The lowest BCUT2D eigenvalue weighted by molar-refractivity contribution is 0.255. The number of benzene rings is 2. The van der Waals surface area contributed by atoms with Gasteiger partial charge in [0, 0.05) is 16.4 Å². The second kappa shape index (κ2) is 7.15. The molecule has 2 aromatic rings. The Morgan fingerprint density at radius 2 is 1.90 bits per heavy atom. The average Bonchev–Trinajstić information content (AvgIpc) is 2.45. The number of nitrogens with two attached hydrogens (primary N) is 1. The summed E-state index contributed by atoms with van der Waals surface area (Å²) in [5.74, 6) is 0. The summed E-state index contributed by atoms with van der Waals surface area (Å²) in [6.45, 7) is 0. The number of nitrogens with one attached hydrogen (secondary N) is 2. The van der Waals surface area contributed by atoms with Gasteiger partial charge in [-0.1, -0.05) is 39.7 Å². The van der Waals surface area contributed by atoms with E-state index in [9.17, 15) is 4.79 Å². The maximum Gasteiger partial charge on any atom is 0.323 e. The predicted octanol–water partition coefficient (Wildman–Crippen LogP) is 4.48. The van der Waals surface area contributed by atoms with E-state index in [0.29, 0.717) is 16.4 Å². The molecule has 2 aromatic carbocycles. The first-order chi connectivity index (χ1) is 10.0. The molecule has 4 nitrogen and oxygen atoms in total. The minimum atomic E-state index is -0.357. The van der Waals surface area contributed by atoms with Gasteiger partial charge in [-0.25, -0.2) is 4.79 Å². The van der Waals surface area contributed by atoms with Crippen molar-refractivity contribution in [2.24, 2.45) is 0 Å². The first-order valence-electron chi connectivity index (χ1n) is 6.09. The maximum atomic E-state index is 11.7. The van der Waals surface area contributed by atoms with E-state index in [0.717, 1.165) is 10.0 Å². The van der Waals surface area contributed by atoms with Crippen LogP contribution in [0.2, 0.25) is 5.02 Å². The van der Waals surface area contributed by atoms with Crippen molar-refractivity contribution in [3.05, 3.63) is 63.7 Å². The average molecular weight is 367 g/mol. The third-order valence-corrected chi connectivity index (χ3v) is 3.47. The van der Waals surface area contributed by atoms with Gasteiger partial charge in [0.05, 0.1) is 10.7 Å². The van der Waals surface area contributed by atoms with Crippen LogP contribution in [0.15, 0.2) is 53.1 Å². The molecule has 0 radical (unpaired) electrons. The molecule has 0 aliphatic carbocycles. The zero-order valence-electron chi connectivity index (χ0n) is 10.9. The summed E-state index contributed by atoms with van der Waals surface area (Å²) in [4.78, 5) is 11.7. The lowest BCUT2D eigenvalue weighted by Crippen LogP contribution is -2.23. The van der Waals surface area contributed by atoms with Crippen LogP contribution in [-0.2, 0) is 0 Å². The van der Waals surface area contributed by atoms with Crippen LogP contribution < -0.4 is 16.4 Å². The van der Waals surface area contributed by atoms with Gasteiger partial charge in [0.2, 0.25) is 0 Å². The summed E-state index contributed by atoms with van der Waals surface area (Å²) in [5, 5.41) is 5.67. The summed E-state index contributed by atoms with van der Waals surface area (Å²) in [7, 11) is 0. The van der Waals surface area contributed by atoms with E-state index in [1.165, 1.54) is 0 Å². The van der Waals surface area contributed by atoms with Crippen LogP contribution in [0.25, 0.3) is 6.08 Å². The fraction of sp³-hybridized carbons (Fsp3) is 0. The Kier molecular flexibility index (Phi) is 5.25. The number of anilines is 2. The number of halogens is 2. The summed E-state index contributed by atoms with van der Waals surface area (Å²) in [5.41, 5.74) is 7.62. The van der Waals surface area contributed by atoms with Crippen LogP contribution in [-0.4, -0.2) is 6.03 Å². The molecule has 0 atom stereocenters. The Labute approximate surface area is 136 Å². The van der Waals surface area contributed by atoms with E-state index in [1.54, 1.807) is 30.5 Å². The highest BCUT2D eigenvalue weighted by molar-refractivity contribution is 9.10. The highest BCUT2D eigenvalue weighted by Gasteiger charge is 2.02. The number of hydrogen-bond donors (Lipinski definition) is 3. The molecule has 0 spiro atoms. The Balaban J connectivity index is 1.89. The number of urea groups is 1. The van der Waals surface area contributed by atoms with Crippen molar-refractivity contribution in [1.29, 1.82) is 0 Å². The van der Waals surface area contributed by atoms with Gasteiger partial charge in [-0.15, -0.1) is 0 Å². The van der Waals surface area contributed by atoms with E-state index in [4.69, 9.17) is 17.3 Å². The van der Waals surface area contributed by atoms with E-state index in [1.807, 2.05) is 24.3 Å². The second-order valence-corrected chi connectivity index (χ2v) is 5.54. The lowest BCUT2D eigenvalue weighted by atomic mass is 10.2.